The lowest BCUT2D eigenvalue weighted by Gasteiger charge is -2.33. The van der Waals surface area contributed by atoms with Gasteiger partial charge in [0, 0.05) is 29.0 Å². The molecule has 0 saturated carbocycles. The lowest BCUT2D eigenvalue weighted by molar-refractivity contribution is -0.107. The van der Waals surface area contributed by atoms with Gasteiger partial charge in [-0.1, -0.05) is 36.4 Å². The monoisotopic (exact) mass is 369 g/mol. The van der Waals surface area contributed by atoms with Crippen LogP contribution in [-0.2, 0) is 4.79 Å². The molecule has 1 aliphatic rings. The molecule has 0 amide bonds. The minimum absolute atomic E-state index is 0.523. The molecule has 1 aromatic heterocycles. The summed E-state index contributed by atoms with van der Waals surface area (Å²) in [6.45, 7) is 0. The molecule has 2 aromatic carbocycles. The molecule has 0 N–H and O–H groups in total. The van der Waals surface area contributed by atoms with Crippen molar-refractivity contribution in [2.45, 2.75) is 6.04 Å². The highest BCUT2D eigenvalue weighted by atomic mass is 32.1. The molecular weight excluding hydrogens is 354 g/mol. The van der Waals surface area contributed by atoms with E-state index in [2.05, 4.69) is 11.1 Å². The number of carbonyl (C=O) groups excluding carboxylic acids is 1. The fourth-order valence-corrected chi connectivity index (χ4v) is 3.82. The zero-order valence-electron chi connectivity index (χ0n) is 14.3. The first-order chi connectivity index (χ1) is 13.3. The van der Waals surface area contributed by atoms with Gasteiger partial charge in [-0.05, 0) is 35.4 Å². The number of carbonyl (C=O) groups is 1. The van der Waals surface area contributed by atoms with Crippen LogP contribution in [0.2, 0.25) is 0 Å². The molecule has 3 aromatic rings. The molecule has 0 spiro atoms. The Hall–Kier alpha value is -3.49. The van der Waals surface area contributed by atoms with Crippen molar-refractivity contribution >= 4 is 34.5 Å². The SMILES string of the molecule is N#Cc1ccccc1C1=CC(c2nccs2)=CN(c2ccccc2)C1C=O. The summed E-state index contributed by atoms with van der Waals surface area (Å²) in [4.78, 5) is 18.5. The molecule has 5 heteroatoms. The Bertz CT molecular complexity index is 1060. The van der Waals surface area contributed by atoms with Crippen molar-refractivity contribution in [3.63, 3.8) is 0 Å². The zero-order chi connectivity index (χ0) is 18.6. The number of rotatable bonds is 4. The van der Waals surface area contributed by atoms with Crippen molar-refractivity contribution in [2.75, 3.05) is 4.90 Å². The maximum absolute atomic E-state index is 12.1. The van der Waals surface area contributed by atoms with E-state index >= 15 is 0 Å². The Morgan fingerprint density at radius 3 is 2.59 bits per heavy atom. The molecule has 4 rings (SSSR count). The van der Waals surface area contributed by atoms with Crippen molar-refractivity contribution in [1.29, 1.82) is 5.26 Å². The molecule has 0 saturated heterocycles. The number of anilines is 1. The molecule has 27 heavy (non-hydrogen) atoms. The lowest BCUT2D eigenvalue weighted by Crippen LogP contribution is -2.35. The average molecular weight is 369 g/mol. The Kier molecular flexibility index (Phi) is 4.65. The Morgan fingerprint density at radius 1 is 1.11 bits per heavy atom. The Balaban J connectivity index is 1.92. The van der Waals surface area contributed by atoms with E-state index in [0.29, 0.717) is 5.56 Å². The van der Waals surface area contributed by atoms with Gasteiger partial charge in [-0.25, -0.2) is 4.98 Å². The summed E-state index contributed by atoms with van der Waals surface area (Å²) in [6.07, 6.45) is 6.59. The number of hydrogen-bond donors (Lipinski definition) is 0. The van der Waals surface area contributed by atoms with E-state index < -0.39 is 6.04 Å². The summed E-state index contributed by atoms with van der Waals surface area (Å²) < 4.78 is 0. The molecule has 0 bridgehead atoms. The second-order valence-electron chi connectivity index (χ2n) is 6.00. The van der Waals surface area contributed by atoms with Crippen LogP contribution < -0.4 is 4.90 Å². The van der Waals surface area contributed by atoms with Crippen LogP contribution >= 0.6 is 11.3 Å². The van der Waals surface area contributed by atoms with Gasteiger partial charge in [0.2, 0.25) is 0 Å². The summed E-state index contributed by atoms with van der Waals surface area (Å²) >= 11 is 1.54. The van der Waals surface area contributed by atoms with E-state index in [1.165, 1.54) is 11.3 Å². The van der Waals surface area contributed by atoms with Crippen molar-refractivity contribution in [3.8, 4) is 6.07 Å². The number of thiazole rings is 1. The number of benzene rings is 2. The molecule has 0 aliphatic carbocycles. The fraction of sp³-hybridized carbons (Fsp3) is 0.0455. The van der Waals surface area contributed by atoms with Gasteiger partial charge in [-0.15, -0.1) is 11.3 Å². The smallest absolute Gasteiger partial charge is 0.147 e. The van der Waals surface area contributed by atoms with Gasteiger partial charge >= 0.3 is 0 Å². The van der Waals surface area contributed by atoms with Crippen LogP contribution in [0.5, 0.6) is 0 Å². The normalized spacial score (nSPS) is 16.3. The molecule has 0 fully saturated rings. The predicted octanol–water partition coefficient (Wildman–Crippen LogP) is 4.53. The summed E-state index contributed by atoms with van der Waals surface area (Å²) in [7, 11) is 0. The molecule has 1 unspecified atom stereocenters. The number of para-hydroxylation sites is 1. The quantitative estimate of drug-likeness (QED) is 0.634. The summed E-state index contributed by atoms with van der Waals surface area (Å²) in [6, 6.07) is 18.8. The van der Waals surface area contributed by atoms with Crippen LogP contribution in [0.25, 0.3) is 11.1 Å². The molecule has 1 atom stereocenters. The van der Waals surface area contributed by atoms with E-state index in [4.69, 9.17) is 0 Å². The number of allylic oxidation sites excluding steroid dienone is 2. The Morgan fingerprint density at radius 2 is 1.89 bits per heavy atom. The van der Waals surface area contributed by atoms with Crippen molar-refractivity contribution in [2.24, 2.45) is 0 Å². The van der Waals surface area contributed by atoms with Gasteiger partial charge in [-0.3, -0.25) is 0 Å². The third-order valence-corrected chi connectivity index (χ3v) is 5.25. The van der Waals surface area contributed by atoms with Crippen LogP contribution in [0.3, 0.4) is 0 Å². The topological polar surface area (TPSA) is 57.0 Å². The van der Waals surface area contributed by atoms with E-state index in [-0.39, 0.29) is 0 Å². The van der Waals surface area contributed by atoms with E-state index in [1.54, 1.807) is 12.3 Å². The van der Waals surface area contributed by atoms with Gasteiger partial charge in [0.25, 0.3) is 0 Å². The summed E-state index contributed by atoms with van der Waals surface area (Å²) in [5.74, 6) is 0. The van der Waals surface area contributed by atoms with Crippen molar-refractivity contribution in [3.05, 3.63) is 94.6 Å². The third-order valence-electron chi connectivity index (χ3n) is 4.43. The predicted molar refractivity (Wildman–Crippen MR) is 108 cm³/mol. The highest BCUT2D eigenvalue weighted by Crippen LogP contribution is 2.36. The van der Waals surface area contributed by atoms with Crippen LogP contribution in [0.4, 0.5) is 5.69 Å². The molecule has 1 aliphatic heterocycles. The van der Waals surface area contributed by atoms with Crippen LogP contribution in [-0.4, -0.2) is 17.3 Å². The minimum Gasteiger partial charge on any atom is -0.333 e. The first-order valence-corrected chi connectivity index (χ1v) is 9.31. The van der Waals surface area contributed by atoms with E-state index in [9.17, 15) is 10.1 Å². The summed E-state index contributed by atoms with van der Waals surface area (Å²) in [5, 5.41) is 12.3. The standard InChI is InChI=1S/C22H15N3OS/c23-13-16-6-4-5-9-19(16)20-12-17(22-24-10-11-27-22)14-25(21(20)15-26)18-7-2-1-3-8-18/h1-12,14-15,21H. The largest absolute Gasteiger partial charge is 0.333 e. The minimum atomic E-state index is -0.523. The first kappa shape index (κ1) is 17.0. The van der Waals surface area contributed by atoms with Gasteiger partial charge in [0.05, 0.1) is 11.6 Å². The second-order valence-corrected chi connectivity index (χ2v) is 6.90. The number of hydrogen-bond acceptors (Lipinski definition) is 5. The molecular formula is C22H15N3OS. The fourth-order valence-electron chi connectivity index (χ4n) is 3.20. The molecule has 2 heterocycles. The number of nitriles is 1. The number of nitrogens with zero attached hydrogens (tertiary/aromatic N) is 3. The third kappa shape index (κ3) is 3.19. The molecule has 130 valence electrons. The first-order valence-electron chi connectivity index (χ1n) is 8.43. The van der Waals surface area contributed by atoms with Crippen LogP contribution in [0.15, 0.2) is 78.5 Å². The second kappa shape index (κ2) is 7.40. The van der Waals surface area contributed by atoms with Gasteiger partial charge in [0.1, 0.15) is 17.3 Å². The van der Waals surface area contributed by atoms with Crippen LogP contribution in [0, 0.1) is 11.3 Å². The maximum Gasteiger partial charge on any atom is 0.147 e. The average Bonchev–Trinajstić information content (AvgIpc) is 3.28. The summed E-state index contributed by atoms with van der Waals surface area (Å²) in [5.41, 5.74) is 3.92. The number of aldehydes is 1. The molecule has 4 nitrogen and oxygen atoms in total. The highest BCUT2D eigenvalue weighted by Gasteiger charge is 2.28. The van der Waals surface area contributed by atoms with Gasteiger partial charge < -0.3 is 9.69 Å². The van der Waals surface area contributed by atoms with Crippen LogP contribution in [0.1, 0.15) is 16.1 Å². The number of aromatic nitrogens is 1. The van der Waals surface area contributed by atoms with Gasteiger partial charge in [0.15, 0.2) is 0 Å². The van der Waals surface area contributed by atoms with Crippen molar-refractivity contribution < 1.29 is 4.79 Å². The van der Waals surface area contributed by atoms with Crippen molar-refractivity contribution in [1.82, 2.24) is 4.98 Å². The zero-order valence-corrected chi connectivity index (χ0v) is 15.1. The maximum atomic E-state index is 12.1. The Labute approximate surface area is 161 Å². The van der Waals surface area contributed by atoms with Gasteiger partial charge in [-0.2, -0.15) is 5.26 Å². The highest BCUT2D eigenvalue weighted by molar-refractivity contribution is 7.10. The van der Waals surface area contributed by atoms with E-state index in [0.717, 1.165) is 33.7 Å². The lowest BCUT2D eigenvalue weighted by atomic mass is 9.90. The van der Waals surface area contributed by atoms with E-state index in [1.807, 2.05) is 71.1 Å². The molecule has 0 radical (unpaired) electrons.